The van der Waals surface area contributed by atoms with Crippen LogP contribution >= 0.6 is 11.6 Å². The van der Waals surface area contributed by atoms with E-state index < -0.39 is 5.82 Å². The number of carbonyl (C=O) groups is 1. The molecule has 0 bridgehead atoms. The van der Waals surface area contributed by atoms with Crippen LogP contribution in [0.25, 0.3) is 17.0 Å². The van der Waals surface area contributed by atoms with Gasteiger partial charge < -0.3 is 10.4 Å². The fourth-order valence-electron chi connectivity index (χ4n) is 4.02. The molecule has 0 spiro atoms. The number of nitrogens with zero attached hydrogens (tertiary/aromatic N) is 2. The van der Waals surface area contributed by atoms with Crippen molar-refractivity contribution in [2.24, 2.45) is 4.99 Å². The second kappa shape index (κ2) is 11.6. The molecule has 0 radical (unpaired) electrons. The number of benzene rings is 3. The molecular weight excluding hydrogens is 501 g/mol. The second-order valence-corrected chi connectivity index (χ2v) is 10.4. The lowest BCUT2D eigenvalue weighted by Gasteiger charge is -2.22. The summed E-state index contributed by atoms with van der Waals surface area (Å²) in [5.74, 6) is -0.465. The summed E-state index contributed by atoms with van der Waals surface area (Å²) >= 11 is 6.07. The monoisotopic (exact) mass is 529 g/mol. The van der Waals surface area contributed by atoms with E-state index >= 15 is 0 Å². The van der Waals surface area contributed by atoms with E-state index in [-0.39, 0.29) is 16.9 Å². The lowest BCUT2D eigenvalue weighted by molar-refractivity contribution is 0.104. The van der Waals surface area contributed by atoms with Crippen molar-refractivity contribution in [1.29, 1.82) is 0 Å². The Hall–Kier alpha value is -4.03. The number of allylic oxidation sites excluding steroid dienone is 1. The van der Waals surface area contributed by atoms with Crippen LogP contribution in [0.15, 0.2) is 77.9 Å². The number of fused-ring (bicyclic) bond motifs is 1. The molecule has 5 nitrogen and oxygen atoms in total. The molecule has 0 fully saturated rings. The minimum atomic E-state index is -0.392. The molecule has 0 aliphatic heterocycles. The number of aromatic hydroxyl groups is 1. The van der Waals surface area contributed by atoms with Gasteiger partial charge in [-0.15, -0.1) is 0 Å². The Morgan fingerprint density at radius 2 is 1.87 bits per heavy atom. The van der Waals surface area contributed by atoms with Crippen LogP contribution < -0.4 is 5.32 Å². The molecule has 0 amide bonds. The van der Waals surface area contributed by atoms with Crippen LogP contribution in [0.2, 0.25) is 5.02 Å². The van der Waals surface area contributed by atoms with E-state index in [4.69, 9.17) is 11.6 Å². The first kappa shape index (κ1) is 27.0. The van der Waals surface area contributed by atoms with Crippen LogP contribution in [0.1, 0.15) is 47.8 Å². The van der Waals surface area contributed by atoms with Gasteiger partial charge in [-0.1, -0.05) is 38.4 Å². The smallest absolute Gasteiger partial charge is 0.185 e. The largest absolute Gasteiger partial charge is 0.507 e. The molecular formula is C31H29ClFN3O2. The van der Waals surface area contributed by atoms with Gasteiger partial charge in [0.05, 0.1) is 12.1 Å². The van der Waals surface area contributed by atoms with Gasteiger partial charge >= 0.3 is 0 Å². The molecule has 0 atom stereocenters. The maximum absolute atomic E-state index is 13.2. The number of hydrogen-bond acceptors (Lipinski definition) is 5. The average Bonchev–Trinajstić information content (AvgIpc) is 2.88. The first-order valence-corrected chi connectivity index (χ1v) is 12.6. The summed E-state index contributed by atoms with van der Waals surface area (Å²) < 4.78 is 13.2. The molecule has 4 rings (SSSR count). The van der Waals surface area contributed by atoms with Gasteiger partial charge in [-0.25, -0.2) is 4.39 Å². The summed E-state index contributed by atoms with van der Waals surface area (Å²) in [6.45, 7) is 7.09. The number of nitrogens with one attached hydrogen (secondary N) is 1. The molecule has 0 aliphatic carbocycles. The number of anilines is 1. The zero-order valence-corrected chi connectivity index (χ0v) is 22.3. The predicted molar refractivity (Wildman–Crippen MR) is 154 cm³/mol. The van der Waals surface area contributed by atoms with Crippen molar-refractivity contribution < 1.29 is 14.3 Å². The number of carbonyl (C=O) groups excluding carboxylic acids is 1. The number of phenols is 1. The van der Waals surface area contributed by atoms with E-state index in [1.807, 2.05) is 51.1 Å². The number of phenolic OH excluding ortho intramolecular Hbond substituents is 1. The minimum absolute atomic E-state index is 0.160. The van der Waals surface area contributed by atoms with E-state index in [0.717, 1.165) is 27.7 Å². The normalized spacial score (nSPS) is 12.0. The van der Waals surface area contributed by atoms with Crippen molar-refractivity contribution >= 4 is 46.3 Å². The van der Waals surface area contributed by atoms with Crippen molar-refractivity contribution in [3.8, 4) is 5.75 Å². The Kier molecular flexibility index (Phi) is 8.23. The molecule has 2 N–H and O–H groups in total. The zero-order valence-electron chi connectivity index (χ0n) is 21.5. The summed E-state index contributed by atoms with van der Waals surface area (Å²) in [4.78, 5) is 21.4. The van der Waals surface area contributed by atoms with Gasteiger partial charge in [-0.3, -0.25) is 14.8 Å². The van der Waals surface area contributed by atoms with Crippen molar-refractivity contribution in [2.45, 2.75) is 26.2 Å². The van der Waals surface area contributed by atoms with E-state index in [1.54, 1.807) is 24.6 Å². The number of rotatable bonds is 8. The Bertz CT molecular complexity index is 1520. The molecule has 0 aliphatic rings. The Balaban J connectivity index is 1.49. The van der Waals surface area contributed by atoms with E-state index in [9.17, 15) is 14.3 Å². The summed E-state index contributed by atoms with van der Waals surface area (Å²) in [6, 6.07) is 16.6. The quantitative estimate of drug-likeness (QED) is 0.107. The lowest BCUT2D eigenvalue weighted by Crippen LogP contribution is -2.12. The zero-order chi connectivity index (χ0) is 27.3. The molecule has 38 heavy (non-hydrogen) atoms. The highest BCUT2D eigenvalue weighted by atomic mass is 35.5. The third kappa shape index (κ3) is 6.64. The second-order valence-electron chi connectivity index (χ2n) is 9.94. The molecule has 3 aromatic carbocycles. The van der Waals surface area contributed by atoms with Gasteiger partial charge in [0, 0.05) is 51.7 Å². The molecule has 7 heteroatoms. The first-order valence-electron chi connectivity index (χ1n) is 12.3. The van der Waals surface area contributed by atoms with Gasteiger partial charge in [-0.2, -0.15) is 0 Å². The van der Waals surface area contributed by atoms with Crippen LogP contribution in [0.5, 0.6) is 5.75 Å². The number of aliphatic imine (C=N–C) groups is 1. The summed E-state index contributed by atoms with van der Waals surface area (Å²) in [6.07, 6.45) is 6.52. The third-order valence-corrected chi connectivity index (χ3v) is 6.25. The molecule has 0 saturated heterocycles. The van der Waals surface area contributed by atoms with E-state index in [2.05, 4.69) is 15.3 Å². The van der Waals surface area contributed by atoms with Crippen molar-refractivity contribution in [3.05, 3.63) is 106 Å². The van der Waals surface area contributed by atoms with Crippen LogP contribution in [0.4, 0.5) is 10.1 Å². The fourth-order valence-corrected chi connectivity index (χ4v) is 4.19. The van der Waals surface area contributed by atoms with Gasteiger partial charge in [0.2, 0.25) is 0 Å². The highest BCUT2D eigenvalue weighted by Crippen LogP contribution is 2.34. The summed E-state index contributed by atoms with van der Waals surface area (Å²) in [5, 5.41) is 15.9. The maximum Gasteiger partial charge on any atom is 0.185 e. The van der Waals surface area contributed by atoms with Crippen LogP contribution in [-0.2, 0) is 5.41 Å². The summed E-state index contributed by atoms with van der Waals surface area (Å²) in [7, 11) is 0. The molecule has 194 valence electrons. The Morgan fingerprint density at radius 3 is 2.61 bits per heavy atom. The lowest BCUT2D eigenvalue weighted by atomic mass is 9.84. The Labute approximate surface area is 226 Å². The molecule has 1 aromatic heterocycles. The van der Waals surface area contributed by atoms with Crippen molar-refractivity contribution in [2.75, 3.05) is 18.4 Å². The van der Waals surface area contributed by atoms with Crippen LogP contribution in [0, 0.1) is 5.82 Å². The van der Waals surface area contributed by atoms with Gasteiger partial charge in [0.1, 0.15) is 11.6 Å². The number of halogens is 2. The summed E-state index contributed by atoms with van der Waals surface area (Å²) in [5.41, 5.74) is 3.89. The highest BCUT2D eigenvalue weighted by molar-refractivity contribution is 6.31. The maximum atomic E-state index is 13.2. The predicted octanol–water partition coefficient (Wildman–Crippen LogP) is 7.46. The van der Waals surface area contributed by atoms with Gasteiger partial charge in [0.15, 0.2) is 5.78 Å². The highest BCUT2D eigenvalue weighted by Gasteiger charge is 2.20. The minimum Gasteiger partial charge on any atom is -0.507 e. The van der Waals surface area contributed by atoms with Crippen LogP contribution in [-0.4, -0.2) is 35.2 Å². The number of hydrogen-bond donors (Lipinski definition) is 2. The van der Waals surface area contributed by atoms with Crippen molar-refractivity contribution in [1.82, 2.24) is 4.98 Å². The fraction of sp³-hybridized carbons (Fsp3) is 0.194. The van der Waals surface area contributed by atoms with Crippen LogP contribution in [0.3, 0.4) is 0 Å². The first-order chi connectivity index (χ1) is 18.1. The number of pyridine rings is 1. The van der Waals surface area contributed by atoms with Crippen molar-refractivity contribution in [3.63, 3.8) is 0 Å². The standard InChI is InChI=1S/C31H29ClFN3O2/c1-31(2,3)26-17-20(4-11-29(37)21-5-8-24(33)9-6-21)16-22(30(26)38)19-34-14-15-36-27-12-13-35-28-18-23(32)7-10-25(27)28/h4-13,16-19,38H,14-15H2,1-3H3,(H,35,36). The molecule has 4 aromatic rings. The molecule has 1 heterocycles. The van der Waals surface area contributed by atoms with E-state index in [0.29, 0.717) is 29.2 Å². The van der Waals surface area contributed by atoms with Gasteiger partial charge in [0.25, 0.3) is 0 Å². The average molecular weight is 530 g/mol. The third-order valence-electron chi connectivity index (χ3n) is 6.02. The molecule has 0 unspecified atom stereocenters. The Morgan fingerprint density at radius 1 is 1.11 bits per heavy atom. The number of ketones is 1. The molecule has 0 saturated carbocycles. The van der Waals surface area contributed by atoms with E-state index in [1.165, 1.54) is 30.3 Å². The van der Waals surface area contributed by atoms with Gasteiger partial charge in [-0.05, 0) is 77.7 Å². The topological polar surface area (TPSA) is 74.6 Å². The SMILES string of the molecule is CC(C)(C)c1cc(C=CC(=O)c2ccc(F)cc2)cc(C=NCCNc2ccnc3cc(Cl)ccc23)c1O. The number of aromatic nitrogens is 1.